The number of carbonyl (C=O) groups excluding carboxylic acids is 1. The van der Waals surface area contributed by atoms with Gasteiger partial charge >= 0.3 is 5.97 Å². The summed E-state index contributed by atoms with van der Waals surface area (Å²) in [6.07, 6.45) is 7.81. The summed E-state index contributed by atoms with van der Waals surface area (Å²) < 4.78 is 1.65. The van der Waals surface area contributed by atoms with Crippen LogP contribution in [0.5, 0.6) is 0 Å². The van der Waals surface area contributed by atoms with Crippen molar-refractivity contribution in [3.8, 4) is 11.3 Å². The summed E-state index contributed by atoms with van der Waals surface area (Å²) in [5.74, 6) is -0.830. The molecule has 0 bridgehead atoms. The van der Waals surface area contributed by atoms with Crippen LogP contribution in [0.4, 0.5) is 0 Å². The second kappa shape index (κ2) is 9.87. The monoisotopic (exact) mass is 432 g/mol. The van der Waals surface area contributed by atoms with E-state index in [4.69, 9.17) is 0 Å². The Bertz CT molecular complexity index is 1120. The number of fused-ring (bicyclic) bond motifs is 3. The van der Waals surface area contributed by atoms with Gasteiger partial charge in [0, 0.05) is 35.6 Å². The molecule has 1 aliphatic carbocycles. The molecule has 1 aliphatic rings. The molecule has 2 aromatic heterocycles. The Morgan fingerprint density at radius 1 is 1.09 bits per heavy atom. The van der Waals surface area contributed by atoms with Crippen molar-refractivity contribution in [1.29, 1.82) is 0 Å². The Morgan fingerprint density at radius 3 is 2.62 bits per heavy atom. The van der Waals surface area contributed by atoms with Gasteiger partial charge in [0.1, 0.15) is 5.69 Å². The highest BCUT2D eigenvalue weighted by molar-refractivity contribution is 5.94. The minimum absolute atomic E-state index is 0.0866. The van der Waals surface area contributed by atoms with Crippen LogP contribution >= 0.6 is 0 Å². The average molecular weight is 433 g/mol. The van der Waals surface area contributed by atoms with Crippen LogP contribution in [0.2, 0.25) is 0 Å². The molecule has 0 fully saturated rings. The Morgan fingerprint density at radius 2 is 1.88 bits per heavy atom. The topological polar surface area (TPSA) is 97.1 Å². The van der Waals surface area contributed by atoms with Crippen LogP contribution in [-0.2, 0) is 25.8 Å². The molecule has 4 rings (SSSR count). The molecule has 2 N–H and O–H groups in total. The van der Waals surface area contributed by atoms with Crippen molar-refractivity contribution in [2.75, 3.05) is 13.1 Å². The summed E-state index contributed by atoms with van der Waals surface area (Å²) in [6, 6.07) is 9.70. The van der Waals surface area contributed by atoms with Crippen LogP contribution in [0.15, 0.2) is 42.7 Å². The number of nitrogens with zero attached hydrogens (tertiary/aromatic N) is 3. The quantitative estimate of drug-likeness (QED) is 0.376. The third-order valence-corrected chi connectivity index (χ3v) is 5.96. The number of carboxylic acid groups (broad SMARTS) is 1. The molecule has 1 aromatic carbocycles. The lowest BCUT2D eigenvalue weighted by Gasteiger charge is -2.14. The molecular weight excluding hydrogens is 404 g/mol. The van der Waals surface area contributed by atoms with Crippen LogP contribution in [0.3, 0.4) is 0 Å². The number of aryl methyl sites for hydroxylation is 3. The number of Topliss-reactive ketones (excluding diaryl/α,β-unsaturated/α-hetero) is 1. The van der Waals surface area contributed by atoms with Crippen LogP contribution in [-0.4, -0.2) is 44.7 Å². The summed E-state index contributed by atoms with van der Waals surface area (Å²) >= 11 is 0. The number of hydrogen-bond acceptors (Lipinski definition) is 5. The predicted octanol–water partition coefficient (Wildman–Crippen LogP) is 3.56. The first-order chi connectivity index (χ1) is 15.5. The van der Waals surface area contributed by atoms with Gasteiger partial charge in [0.15, 0.2) is 5.78 Å². The fourth-order valence-electron chi connectivity index (χ4n) is 4.27. The highest BCUT2D eigenvalue weighted by Gasteiger charge is 2.27. The SMILES string of the molecule is CC(=O)c1ccc(CCCNCCCn2nc3c(c2C(=O)O)CCc2cnccc2-3)cc1. The molecule has 0 spiro atoms. The van der Waals surface area contributed by atoms with E-state index in [1.165, 1.54) is 5.56 Å². The number of aromatic nitrogens is 3. The number of nitrogens with one attached hydrogen (secondary N) is 1. The van der Waals surface area contributed by atoms with E-state index in [0.717, 1.165) is 66.7 Å². The number of carbonyl (C=O) groups is 2. The maximum atomic E-state index is 11.9. The molecule has 0 atom stereocenters. The van der Waals surface area contributed by atoms with Crippen molar-refractivity contribution in [3.05, 3.63) is 70.7 Å². The van der Waals surface area contributed by atoms with Gasteiger partial charge in [0.2, 0.25) is 0 Å². The van der Waals surface area contributed by atoms with Gasteiger partial charge in [0.05, 0.1) is 5.69 Å². The third kappa shape index (κ3) is 4.78. The summed E-state index contributed by atoms with van der Waals surface area (Å²) in [5.41, 5.74) is 6.02. The van der Waals surface area contributed by atoms with Gasteiger partial charge in [-0.3, -0.25) is 14.5 Å². The van der Waals surface area contributed by atoms with E-state index in [1.807, 2.05) is 36.5 Å². The highest BCUT2D eigenvalue weighted by Crippen LogP contribution is 2.34. The number of carboxylic acids is 1. The summed E-state index contributed by atoms with van der Waals surface area (Å²) in [4.78, 5) is 27.4. The maximum absolute atomic E-state index is 11.9. The number of pyridine rings is 1. The number of benzene rings is 1. The molecule has 0 amide bonds. The molecule has 3 aromatic rings. The first kappa shape index (κ1) is 21.9. The first-order valence-electron chi connectivity index (χ1n) is 11.1. The Kier molecular flexibility index (Phi) is 6.75. The number of hydrogen-bond donors (Lipinski definition) is 2. The van der Waals surface area contributed by atoms with Crippen molar-refractivity contribution >= 4 is 11.8 Å². The molecule has 0 unspecified atom stereocenters. The molecule has 2 heterocycles. The van der Waals surface area contributed by atoms with Crippen molar-refractivity contribution in [2.45, 2.75) is 45.6 Å². The van der Waals surface area contributed by atoms with Crippen LogP contribution in [0.1, 0.15) is 57.3 Å². The van der Waals surface area contributed by atoms with E-state index >= 15 is 0 Å². The summed E-state index contributed by atoms with van der Waals surface area (Å²) in [6.45, 7) is 3.82. The van der Waals surface area contributed by atoms with E-state index in [-0.39, 0.29) is 5.78 Å². The van der Waals surface area contributed by atoms with E-state index in [9.17, 15) is 14.7 Å². The fourth-order valence-corrected chi connectivity index (χ4v) is 4.27. The predicted molar refractivity (Wildman–Crippen MR) is 122 cm³/mol. The molecule has 7 nitrogen and oxygen atoms in total. The first-order valence-corrected chi connectivity index (χ1v) is 11.1. The van der Waals surface area contributed by atoms with E-state index < -0.39 is 5.97 Å². The van der Waals surface area contributed by atoms with Crippen LogP contribution < -0.4 is 5.32 Å². The molecule has 0 radical (unpaired) electrons. The second-order valence-electron chi connectivity index (χ2n) is 8.20. The number of rotatable bonds is 10. The molecule has 7 heteroatoms. The summed E-state index contributed by atoms with van der Waals surface area (Å²) in [5, 5.41) is 17.9. The van der Waals surface area contributed by atoms with Gasteiger partial charge in [0.25, 0.3) is 0 Å². The zero-order valence-electron chi connectivity index (χ0n) is 18.3. The van der Waals surface area contributed by atoms with Crippen molar-refractivity contribution < 1.29 is 14.7 Å². The average Bonchev–Trinajstić information content (AvgIpc) is 3.18. The molecule has 0 saturated carbocycles. The Balaban J connectivity index is 1.27. The third-order valence-electron chi connectivity index (χ3n) is 5.96. The van der Waals surface area contributed by atoms with Crippen LogP contribution in [0, 0.1) is 0 Å². The fraction of sp³-hybridized carbons (Fsp3) is 0.360. The lowest BCUT2D eigenvalue weighted by Crippen LogP contribution is -2.20. The zero-order chi connectivity index (χ0) is 22.5. The Labute approximate surface area is 187 Å². The molecular formula is C25H28N4O3. The lowest BCUT2D eigenvalue weighted by molar-refractivity contribution is 0.0681. The number of aromatic carboxylic acids is 1. The van der Waals surface area contributed by atoms with Crippen molar-refractivity contribution in [3.63, 3.8) is 0 Å². The van der Waals surface area contributed by atoms with Crippen LogP contribution in [0.25, 0.3) is 11.3 Å². The normalized spacial score (nSPS) is 12.3. The van der Waals surface area contributed by atoms with Gasteiger partial charge in [-0.25, -0.2) is 4.79 Å². The van der Waals surface area contributed by atoms with Gasteiger partial charge < -0.3 is 10.4 Å². The molecule has 166 valence electrons. The Hall–Kier alpha value is -3.32. The lowest BCUT2D eigenvalue weighted by atomic mass is 9.90. The van der Waals surface area contributed by atoms with Gasteiger partial charge in [-0.1, -0.05) is 24.3 Å². The van der Waals surface area contributed by atoms with E-state index in [2.05, 4.69) is 15.4 Å². The smallest absolute Gasteiger partial charge is 0.354 e. The van der Waals surface area contributed by atoms with E-state index in [0.29, 0.717) is 18.7 Å². The molecule has 0 saturated heterocycles. The summed E-state index contributed by atoms with van der Waals surface area (Å²) in [7, 11) is 0. The highest BCUT2D eigenvalue weighted by atomic mass is 16.4. The van der Waals surface area contributed by atoms with E-state index in [1.54, 1.807) is 17.8 Å². The molecule has 32 heavy (non-hydrogen) atoms. The minimum atomic E-state index is -0.917. The van der Waals surface area contributed by atoms with Gasteiger partial charge in [-0.15, -0.1) is 0 Å². The minimum Gasteiger partial charge on any atom is -0.477 e. The maximum Gasteiger partial charge on any atom is 0.354 e. The molecule has 0 aliphatic heterocycles. The van der Waals surface area contributed by atoms with Gasteiger partial charge in [-0.2, -0.15) is 5.10 Å². The standard InChI is InChI=1S/C25H28N4O3/c1-17(30)19-7-5-18(6-8-19)4-2-12-26-13-3-15-29-24(25(31)32)22-10-9-20-16-27-14-11-21(20)23(22)28-29/h5-8,11,14,16,26H,2-4,9-10,12-13,15H2,1H3,(H,31,32). The largest absolute Gasteiger partial charge is 0.477 e. The zero-order valence-corrected chi connectivity index (χ0v) is 18.3. The van der Waals surface area contributed by atoms with Gasteiger partial charge in [-0.05, 0) is 69.3 Å². The second-order valence-corrected chi connectivity index (χ2v) is 8.20. The van der Waals surface area contributed by atoms with Crippen molar-refractivity contribution in [2.24, 2.45) is 0 Å². The number of ketones is 1. The van der Waals surface area contributed by atoms with Crippen molar-refractivity contribution in [1.82, 2.24) is 20.1 Å².